The number of benzene rings is 2. The molecular formula is C19H23NO6S. The molecule has 0 amide bonds. The quantitative estimate of drug-likeness (QED) is 0.720. The van der Waals surface area contributed by atoms with Gasteiger partial charge in [0, 0.05) is 12.6 Å². The fraction of sp³-hybridized carbons (Fsp3) is 0.368. The first-order valence-corrected chi connectivity index (χ1v) is 10.0. The molecule has 1 aliphatic heterocycles. The Morgan fingerprint density at radius 1 is 1.11 bits per heavy atom. The van der Waals surface area contributed by atoms with Crippen molar-refractivity contribution in [2.75, 3.05) is 33.9 Å². The van der Waals surface area contributed by atoms with Crippen LogP contribution in [0.5, 0.6) is 23.0 Å². The average molecular weight is 393 g/mol. The fourth-order valence-electron chi connectivity index (χ4n) is 2.90. The highest BCUT2D eigenvalue weighted by molar-refractivity contribution is 7.89. The van der Waals surface area contributed by atoms with E-state index in [1.165, 1.54) is 24.6 Å². The number of sulfonamides is 1. The average Bonchev–Trinajstić information content (AvgIpc) is 2.71. The minimum absolute atomic E-state index is 0.0586. The van der Waals surface area contributed by atoms with Crippen molar-refractivity contribution in [1.29, 1.82) is 0 Å². The van der Waals surface area contributed by atoms with Crippen LogP contribution in [0.4, 0.5) is 0 Å². The molecule has 1 aliphatic rings. The van der Waals surface area contributed by atoms with Gasteiger partial charge in [0.2, 0.25) is 10.0 Å². The standard InChI is InChI=1S/C19H23NO6S/c1-4-20(12-15-13-25-16-7-5-6-8-17(16)26-15)27(21,22)19-11-14(23-2)9-10-18(19)24-3/h5-11,15H,4,12-13H2,1-3H3/t15-/m0/s1. The summed E-state index contributed by atoms with van der Waals surface area (Å²) in [6.07, 6.45) is -0.411. The van der Waals surface area contributed by atoms with E-state index in [0.717, 1.165) is 0 Å². The molecule has 0 saturated heterocycles. The van der Waals surface area contributed by atoms with Gasteiger partial charge in [0.25, 0.3) is 0 Å². The number of rotatable bonds is 7. The third-order valence-electron chi connectivity index (χ3n) is 4.32. The Morgan fingerprint density at radius 3 is 2.52 bits per heavy atom. The second-order valence-electron chi connectivity index (χ2n) is 5.97. The molecule has 2 aromatic carbocycles. The van der Waals surface area contributed by atoms with Crippen molar-refractivity contribution in [1.82, 2.24) is 4.31 Å². The van der Waals surface area contributed by atoms with E-state index in [4.69, 9.17) is 18.9 Å². The van der Waals surface area contributed by atoms with Crippen LogP contribution in [0, 0.1) is 0 Å². The lowest BCUT2D eigenvalue weighted by atomic mass is 10.2. The van der Waals surface area contributed by atoms with Crippen molar-refractivity contribution in [3.05, 3.63) is 42.5 Å². The summed E-state index contributed by atoms with van der Waals surface area (Å²) in [6.45, 7) is 2.50. The molecule has 0 fully saturated rings. The molecule has 0 unspecified atom stereocenters. The van der Waals surface area contributed by atoms with E-state index in [1.54, 1.807) is 25.1 Å². The maximum absolute atomic E-state index is 13.2. The topological polar surface area (TPSA) is 74.3 Å². The minimum atomic E-state index is -3.81. The Labute approximate surface area is 159 Å². The highest BCUT2D eigenvalue weighted by Gasteiger charge is 2.31. The van der Waals surface area contributed by atoms with Crippen molar-refractivity contribution in [3.63, 3.8) is 0 Å². The van der Waals surface area contributed by atoms with Crippen LogP contribution in [0.15, 0.2) is 47.4 Å². The highest BCUT2D eigenvalue weighted by Crippen LogP contribution is 2.33. The second-order valence-corrected chi connectivity index (χ2v) is 7.88. The van der Waals surface area contributed by atoms with Crippen LogP contribution in [0.3, 0.4) is 0 Å². The van der Waals surface area contributed by atoms with Gasteiger partial charge in [0.05, 0.1) is 20.8 Å². The molecule has 1 heterocycles. The molecule has 0 aromatic heterocycles. The first-order valence-electron chi connectivity index (χ1n) is 8.60. The summed E-state index contributed by atoms with van der Waals surface area (Å²) >= 11 is 0. The zero-order valence-electron chi connectivity index (χ0n) is 15.5. The van der Waals surface area contributed by atoms with Crippen LogP contribution >= 0.6 is 0 Å². The zero-order chi connectivity index (χ0) is 19.4. The predicted molar refractivity (Wildman–Crippen MR) is 100 cm³/mol. The van der Waals surface area contributed by atoms with Crippen LogP contribution in [-0.4, -0.2) is 52.7 Å². The smallest absolute Gasteiger partial charge is 0.247 e. The lowest BCUT2D eigenvalue weighted by molar-refractivity contribution is 0.0771. The van der Waals surface area contributed by atoms with E-state index in [9.17, 15) is 8.42 Å². The van der Waals surface area contributed by atoms with Gasteiger partial charge in [-0.15, -0.1) is 0 Å². The molecule has 146 valence electrons. The van der Waals surface area contributed by atoms with E-state index in [-0.39, 0.29) is 30.3 Å². The van der Waals surface area contributed by atoms with E-state index in [2.05, 4.69) is 0 Å². The first kappa shape index (κ1) is 19.3. The third-order valence-corrected chi connectivity index (χ3v) is 6.28. The number of fused-ring (bicyclic) bond motifs is 1. The number of nitrogens with zero attached hydrogens (tertiary/aromatic N) is 1. The summed E-state index contributed by atoms with van der Waals surface area (Å²) in [5.41, 5.74) is 0. The highest BCUT2D eigenvalue weighted by atomic mass is 32.2. The van der Waals surface area contributed by atoms with Gasteiger partial charge < -0.3 is 18.9 Å². The molecule has 1 atom stereocenters. The van der Waals surface area contributed by atoms with E-state index in [0.29, 0.717) is 17.2 Å². The predicted octanol–water partition coefficient (Wildman–Crippen LogP) is 2.55. The molecule has 7 nitrogen and oxygen atoms in total. The van der Waals surface area contributed by atoms with E-state index in [1.807, 2.05) is 18.2 Å². The van der Waals surface area contributed by atoms with Crippen LogP contribution in [0.2, 0.25) is 0 Å². The van der Waals surface area contributed by atoms with Gasteiger partial charge >= 0.3 is 0 Å². The molecule has 2 aromatic rings. The van der Waals surface area contributed by atoms with Gasteiger partial charge in [0.15, 0.2) is 11.5 Å². The lowest BCUT2D eigenvalue weighted by Gasteiger charge is -2.30. The monoisotopic (exact) mass is 393 g/mol. The van der Waals surface area contributed by atoms with Gasteiger partial charge in [-0.25, -0.2) is 8.42 Å². The van der Waals surface area contributed by atoms with Crippen molar-refractivity contribution in [2.24, 2.45) is 0 Å². The van der Waals surface area contributed by atoms with Crippen LogP contribution < -0.4 is 18.9 Å². The molecule has 8 heteroatoms. The molecule has 0 saturated carbocycles. The summed E-state index contributed by atoms with van der Waals surface area (Å²) in [5, 5.41) is 0. The maximum atomic E-state index is 13.2. The van der Waals surface area contributed by atoms with Crippen molar-refractivity contribution in [2.45, 2.75) is 17.9 Å². The first-order chi connectivity index (χ1) is 13.0. The van der Waals surface area contributed by atoms with E-state index >= 15 is 0 Å². The maximum Gasteiger partial charge on any atom is 0.247 e. The number of methoxy groups -OCH3 is 2. The number of hydrogen-bond donors (Lipinski definition) is 0. The van der Waals surface area contributed by atoms with Gasteiger partial charge in [-0.3, -0.25) is 0 Å². The SMILES string of the molecule is CCN(C[C@H]1COc2ccccc2O1)S(=O)(=O)c1cc(OC)ccc1OC. The molecule has 0 bridgehead atoms. The lowest BCUT2D eigenvalue weighted by Crippen LogP contribution is -2.43. The minimum Gasteiger partial charge on any atom is -0.497 e. The van der Waals surface area contributed by atoms with Crippen LogP contribution in [0.25, 0.3) is 0 Å². The number of ether oxygens (including phenoxy) is 4. The molecular weight excluding hydrogens is 370 g/mol. The van der Waals surface area contributed by atoms with Crippen LogP contribution in [-0.2, 0) is 10.0 Å². The Morgan fingerprint density at radius 2 is 1.85 bits per heavy atom. The molecule has 0 spiro atoms. The Kier molecular flexibility index (Phi) is 5.76. The summed E-state index contributed by atoms with van der Waals surface area (Å²) in [5.74, 6) is 1.98. The molecule has 0 radical (unpaired) electrons. The Hall–Kier alpha value is -2.45. The van der Waals surface area contributed by atoms with Crippen molar-refractivity contribution in [3.8, 4) is 23.0 Å². The molecule has 0 N–H and O–H groups in total. The van der Waals surface area contributed by atoms with Crippen LogP contribution in [0.1, 0.15) is 6.92 Å². The zero-order valence-corrected chi connectivity index (χ0v) is 16.4. The third kappa shape index (κ3) is 3.96. The van der Waals surface area contributed by atoms with E-state index < -0.39 is 16.1 Å². The van der Waals surface area contributed by atoms with Gasteiger partial charge in [-0.1, -0.05) is 19.1 Å². The molecule has 27 heavy (non-hydrogen) atoms. The fourth-order valence-corrected chi connectivity index (χ4v) is 4.55. The summed E-state index contributed by atoms with van der Waals surface area (Å²) < 4.78 is 49.8. The van der Waals surface area contributed by atoms with Gasteiger partial charge in [-0.05, 0) is 24.3 Å². The Bertz CT molecular complexity index is 899. The summed E-state index contributed by atoms with van der Waals surface area (Å²) in [6, 6.07) is 12.0. The van der Waals surface area contributed by atoms with Gasteiger partial charge in [0.1, 0.15) is 29.1 Å². The second kappa shape index (κ2) is 8.06. The normalized spacial score (nSPS) is 16.2. The largest absolute Gasteiger partial charge is 0.497 e. The van der Waals surface area contributed by atoms with Gasteiger partial charge in [-0.2, -0.15) is 4.31 Å². The number of likely N-dealkylation sites (N-methyl/N-ethyl adjacent to an activating group) is 1. The molecule has 0 aliphatic carbocycles. The summed E-state index contributed by atoms with van der Waals surface area (Å²) in [4.78, 5) is 0.0586. The Balaban J connectivity index is 1.85. The summed E-state index contributed by atoms with van der Waals surface area (Å²) in [7, 11) is -0.887. The number of hydrogen-bond acceptors (Lipinski definition) is 6. The molecule has 3 rings (SSSR count). The number of para-hydroxylation sites is 2. The van der Waals surface area contributed by atoms with Crippen molar-refractivity contribution >= 4 is 10.0 Å². The van der Waals surface area contributed by atoms with Crippen molar-refractivity contribution < 1.29 is 27.4 Å².